The van der Waals surface area contributed by atoms with Crippen molar-refractivity contribution in [1.29, 1.82) is 0 Å². The summed E-state index contributed by atoms with van der Waals surface area (Å²) in [5.74, 6) is -0.0846. The number of aryl methyl sites for hydroxylation is 1. The molecule has 0 spiro atoms. The number of carbonyl (C=O) groups is 1. The molecule has 0 saturated carbocycles. The maximum Gasteiger partial charge on any atom is 0.264 e. The minimum Gasteiger partial charge on any atom is -0.382 e. The molecule has 0 saturated heterocycles. The molecule has 0 unspecified atom stereocenters. The highest BCUT2D eigenvalue weighted by Crippen LogP contribution is 2.19. The predicted octanol–water partition coefficient (Wildman–Crippen LogP) is -0.251. The smallest absolute Gasteiger partial charge is 0.264 e. The average Bonchev–Trinajstić information content (AvgIpc) is 2.88. The van der Waals surface area contributed by atoms with Crippen molar-refractivity contribution in [1.82, 2.24) is 5.32 Å². The highest BCUT2D eigenvalue weighted by molar-refractivity contribution is 6.04. The molecule has 5 nitrogen and oxygen atoms in total. The zero-order valence-corrected chi connectivity index (χ0v) is 12.3. The van der Waals surface area contributed by atoms with Gasteiger partial charge in [0.05, 0.1) is 32.9 Å². The predicted molar refractivity (Wildman–Crippen MR) is 77.9 cm³/mol. The molecule has 0 radical (unpaired) electrons. The Morgan fingerprint density at radius 1 is 1.45 bits per heavy atom. The number of rotatable bonds is 5. The molecule has 1 aliphatic rings. The minimum atomic E-state index is -0.498. The van der Waals surface area contributed by atoms with Crippen LogP contribution in [0.4, 0.5) is 0 Å². The van der Waals surface area contributed by atoms with Gasteiger partial charge in [0.2, 0.25) is 6.10 Å². The van der Waals surface area contributed by atoms with Gasteiger partial charge in [-0.2, -0.15) is 0 Å². The summed E-state index contributed by atoms with van der Waals surface area (Å²) in [4.78, 5) is 18.5. The van der Waals surface area contributed by atoms with Crippen molar-refractivity contribution in [2.45, 2.75) is 19.4 Å². The molecule has 2 N–H and O–H groups in total. The van der Waals surface area contributed by atoms with Gasteiger partial charge in [0, 0.05) is 12.0 Å². The third-order valence-corrected chi connectivity index (χ3v) is 3.34. The van der Waals surface area contributed by atoms with Crippen LogP contribution in [0.1, 0.15) is 17.5 Å². The van der Waals surface area contributed by atoms with Crippen LogP contribution in [-0.2, 0) is 9.63 Å². The lowest BCUT2D eigenvalue weighted by atomic mass is 10.0. The lowest BCUT2D eigenvalue weighted by Crippen LogP contribution is -3.06. The van der Waals surface area contributed by atoms with E-state index in [4.69, 9.17) is 4.84 Å². The Hall–Kier alpha value is -1.88. The molecule has 1 aliphatic heterocycles. The van der Waals surface area contributed by atoms with Crippen LogP contribution in [0, 0.1) is 6.92 Å². The number of amides is 1. The number of quaternary nitrogens is 1. The van der Waals surface area contributed by atoms with Crippen molar-refractivity contribution < 1.29 is 14.5 Å². The fourth-order valence-corrected chi connectivity index (χ4v) is 2.12. The molecule has 0 bridgehead atoms. The van der Waals surface area contributed by atoms with Gasteiger partial charge in [0.1, 0.15) is 0 Å². The summed E-state index contributed by atoms with van der Waals surface area (Å²) in [5, 5.41) is 6.95. The second-order valence-corrected chi connectivity index (χ2v) is 5.40. The number of benzene rings is 1. The summed E-state index contributed by atoms with van der Waals surface area (Å²) >= 11 is 0. The van der Waals surface area contributed by atoms with E-state index in [9.17, 15) is 4.79 Å². The molecular formula is C15H22N3O2+. The summed E-state index contributed by atoms with van der Waals surface area (Å²) < 4.78 is 0. The lowest BCUT2D eigenvalue weighted by Gasteiger charge is -2.11. The fraction of sp³-hybridized carbons (Fsp3) is 0.467. The minimum absolute atomic E-state index is 0.0846. The van der Waals surface area contributed by atoms with Gasteiger partial charge in [0.15, 0.2) is 0 Å². The van der Waals surface area contributed by atoms with Gasteiger partial charge in [-0.1, -0.05) is 29.4 Å². The Balaban J connectivity index is 1.88. The zero-order chi connectivity index (χ0) is 14.5. The van der Waals surface area contributed by atoms with E-state index in [1.165, 1.54) is 4.90 Å². The topological polar surface area (TPSA) is 55.1 Å². The highest BCUT2D eigenvalue weighted by Gasteiger charge is 2.29. The van der Waals surface area contributed by atoms with E-state index in [1.807, 2.05) is 31.2 Å². The van der Waals surface area contributed by atoms with Crippen LogP contribution in [-0.4, -0.2) is 44.9 Å². The number of nitrogens with one attached hydrogen (secondary N) is 2. The largest absolute Gasteiger partial charge is 0.382 e. The number of likely N-dealkylation sites (N-methyl/N-ethyl adjacent to an activating group) is 1. The van der Waals surface area contributed by atoms with Crippen molar-refractivity contribution in [3.8, 4) is 0 Å². The SMILES string of the molecule is Cc1ccccc1C1=NO[C@@H](C(=O)NCC[NH+](C)C)C1. The Morgan fingerprint density at radius 3 is 2.90 bits per heavy atom. The Morgan fingerprint density at radius 2 is 2.20 bits per heavy atom. The van der Waals surface area contributed by atoms with Crippen LogP contribution >= 0.6 is 0 Å². The van der Waals surface area contributed by atoms with E-state index in [0.717, 1.165) is 23.4 Å². The van der Waals surface area contributed by atoms with Crippen LogP contribution in [0.3, 0.4) is 0 Å². The third-order valence-electron chi connectivity index (χ3n) is 3.34. The second-order valence-electron chi connectivity index (χ2n) is 5.40. The van der Waals surface area contributed by atoms with E-state index in [1.54, 1.807) is 0 Å². The molecule has 0 fully saturated rings. The summed E-state index contributed by atoms with van der Waals surface area (Å²) in [7, 11) is 4.11. The van der Waals surface area contributed by atoms with Crippen molar-refractivity contribution >= 4 is 11.6 Å². The summed E-state index contributed by atoms with van der Waals surface area (Å²) in [6.45, 7) is 3.58. The maximum atomic E-state index is 12.0. The summed E-state index contributed by atoms with van der Waals surface area (Å²) in [6.07, 6.45) is 0.0349. The molecule has 1 heterocycles. The molecule has 2 rings (SSSR count). The second kappa shape index (κ2) is 6.52. The monoisotopic (exact) mass is 276 g/mol. The first-order valence-corrected chi connectivity index (χ1v) is 6.93. The first kappa shape index (κ1) is 14.5. The van der Waals surface area contributed by atoms with Gasteiger partial charge in [-0.3, -0.25) is 4.79 Å². The van der Waals surface area contributed by atoms with Crippen molar-refractivity contribution in [3.63, 3.8) is 0 Å². The molecule has 1 atom stereocenters. The number of oxime groups is 1. The lowest BCUT2D eigenvalue weighted by molar-refractivity contribution is -0.856. The summed E-state index contributed by atoms with van der Waals surface area (Å²) in [5.41, 5.74) is 3.05. The average molecular weight is 276 g/mol. The van der Waals surface area contributed by atoms with E-state index in [-0.39, 0.29) is 5.91 Å². The molecular weight excluding hydrogens is 254 g/mol. The van der Waals surface area contributed by atoms with E-state index < -0.39 is 6.10 Å². The molecule has 0 aliphatic carbocycles. The number of hydrogen-bond donors (Lipinski definition) is 2. The van der Waals surface area contributed by atoms with Crippen LogP contribution in [0.2, 0.25) is 0 Å². The van der Waals surface area contributed by atoms with Crippen molar-refractivity contribution in [3.05, 3.63) is 35.4 Å². The summed E-state index contributed by atoms with van der Waals surface area (Å²) in [6, 6.07) is 8.00. The van der Waals surface area contributed by atoms with Crippen LogP contribution in [0.15, 0.2) is 29.4 Å². The van der Waals surface area contributed by atoms with Gasteiger partial charge in [0.25, 0.3) is 5.91 Å². The van der Waals surface area contributed by atoms with Gasteiger partial charge in [-0.05, 0) is 12.5 Å². The maximum absolute atomic E-state index is 12.0. The molecule has 0 aromatic heterocycles. The molecule has 1 amide bonds. The standard InChI is InChI=1S/C15H21N3O2/c1-11-6-4-5-7-12(11)13-10-14(20-17-13)15(19)16-8-9-18(2)3/h4-7,14H,8-10H2,1-3H3,(H,16,19)/p+1/t14-/m1/s1. The van der Waals surface area contributed by atoms with Crippen LogP contribution in [0.25, 0.3) is 0 Å². The molecule has 20 heavy (non-hydrogen) atoms. The van der Waals surface area contributed by atoms with Crippen LogP contribution in [0.5, 0.6) is 0 Å². The molecule has 5 heteroatoms. The first-order valence-electron chi connectivity index (χ1n) is 6.93. The van der Waals surface area contributed by atoms with Crippen molar-refractivity contribution in [2.75, 3.05) is 27.2 Å². The fourth-order valence-electron chi connectivity index (χ4n) is 2.12. The zero-order valence-electron chi connectivity index (χ0n) is 12.3. The van der Waals surface area contributed by atoms with Gasteiger partial charge in [-0.15, -0.1) is 0 Å². The Kier molecular flexibility index (Phi) is 4.74. The van der Waals surface area contributed by atoms with Crippen molar-refractivity contribution in [2.24, 2.45) is 5.16 Å². The van der Waals surface area contributed by atoms with Gasteiger partial charge >= 0.3 is 0 Å². The number of hydrogen-bond acceptors (Lipinski definition) is 3. The number of carbonyl (C=O) groups excluding carboxylic acids is 1. The highest BCUT2D eigenvalue weighted by atomic mass is 16.6. The molecule has 1 aromatic rings. The van der Waals surface area contributed by atoms with E-state index in [2.05, 4.69) is 24.6 Å². The molecule has 1 aromatic carbocycles. The number of nitrogens with zero attached hydrogens (tertiary/aromatic N) is 1. The first-order chi connectivity index (χ1) is 9.58. The normalized spacial score (nSPS) is 17.8. The third kappa shape index (κ3) is 3.57. The van der Waals surface area contributed by atoms with Gasteiger partial charge in [-0.25, -0.2) is 0 Å². The van der Waals surface area contributed by atoms with E-state index in [0.29, 0.717) is 13.0 Å². The quantitative estimate of drug-likeness (QED) is 0.779. The van der Waals surface area contributed by atoms with Gasteiger partial charge < -0.3 is 15.1 Å². The van der Waals surface area contributed by atoms with Crippen LogP contribution < -0.4 is 10.2 Å². The Bertz CT molecular complexity index is 512. The molecule has 108 valence electrons. The Labute approximate surface area is 119 Å². The van der Waals surface area contributed by atoms with E-state index >= 15 is 0 Å².